The van der Waals surface area contributed by atoms with E-state index in [1.165, 1.54) is 12.8 Å². The number of nitrogens with zero attached hydrogens (tertiary/aromatic N) is 2. The highest BCUT2D eigenvalue weighted by Gasteiger charge is 2.74. The highest BCUT2D eigenvalue weighted by Crippen LogP contribution is 2.48. The van der Waals surface area contributed by atoms with Crippen molar-refractivity contribution in [3.8, 4) is 17.1 Å². The molecule has 0 fully saturated rings. The predicted molar refractivity (Wildman–Crippen MR) is 135 cm³/mol. The zero-order chi connectivity index (χ0) is 35.6. The van der Waals surface area contributed by atoms with Crippen LogP contribution in [0.15, 0.2) is 36.7 Å². The quantitative estimate of drug-likeness (QED) is 0.0948. The summed E-state index contributed by atoms with van der Waals surface area (Å²) < 4.78 is 184. The third-order valence-electron chi connectivity index (χ3n) is 5.81. The number of hydrogen-bond acceptors (Lipinski definition) is 7. The monoisotopic (exact) mass is 708 g/mol. The Hall–Kier alpha value is -2.97. The molecule has 1 aromatic carbocycles. The van der Waals surface area contributed by atoms with Crippen LogP contribution in [0.25, 0.3) is 11.4 Å². The van der Waals surface area contributed by atoms with Crippen molar-refractivity contribution in [2.24, 2.45) is 0 Å². The third kappa shape index (κ3) is 13.2. The highest BCUT2D eigenvalue weighted by atomic mass is 19.4. The molecule has 0 amide bonds. The van der Waals surface area contributed by atoms with Crippen LogP contribution in [-0.4, -0.2) is 66.7 Å². The molecule has 0 saturated carbocycles. The van der Waals surface area contributed by atoms with E-state index < -0.39 is 50.1 Å². The van der Waals surface area contributed by atoms with E-state index in [2.05, 4.69) is 26.4 Å². The number of rotatable bonds is 21. The van der Waals surface area contributed by atoms with E-state index in [0.717, 1.165) is 31.2 Å². The van der Waals surface area contributed by atoms with Gasteiger partial charge in [0.1, 0.15) is 12.4 Å². The summed E-state index contributed by atoms with van der Waals surface area (Å²) in [4.78, 5) is 8.68. The summed E-state index contributed by atoms with van der Waals surface area (Å²) in [5, 5.41) is 0. The first-order chi connectivity index (χ1) is 21.6. The van der Waals surface area contributed by atoms with Crippen molar-refractivity contribution < 1.29 is 80.8 Å². The zero-order valence-electron chi connectivity index (χ0n) is 24.4. The minimum Gasteiger partial charge on any atom is -0.494 e. The lowest BCUT2D eigenvalue weighted by atomic mass is 10.1. The lowest BCUT2D eigenvalue weighted by Gasteiger charge is -2.33. The second kappa shape index (κ2) is 16.4. The number of ether oxygens (including phenoxy) is 5. The average molecular weight is 709 g/mol. The molecule has 1 aromatic heterocycles. The van der Waals surface area contributed by atoms with Crippen LogP contribution < -0.4 is 4.74 Å². The van der Waals surface area contributed by atoms with Crippen LogP contribution in [0.4, 0.5) is 57.1 Å². The van der Waals surface area contributed by atoms with Crippen molar-refractivity contribution in [2.45, 2.75) is 88.8 Å². The maximum atomic E-state index is 13.6. The third-order valence-corrected chi connectivity index (χ3v) is 5.81. The minimum atomic E-state index is -7.10. The van der Waals surface area contributed by atoms with E-state index in [1.54, 1.807) is 46.1 Å². The van der Waals surface area contributed by atoms with E-state index >= 15 is 0 Å². The maximum absolute atomic E-state index is 13.6. The second-order valence-electron chi connectivity index (χ2n) is 9.81. The fraction of sp³-hybridized carbons (Fsp3) is 0.630. The molecule has 0 spiro atoms. The van der Waals surface area contributed by atoms with Crippen molar-refractivity contribution in [1.82, 2.24) is 9.97 Å². The highest BCUT2D eigenvalue weighted by molar-refractivity contribution is 5.55. The predicted octanol–water partition coefficient (Wildman–Crippen LogP) is 8.98. The van der Waals surface area contributed by atoms with Crippen LogP contribution in [0, 0.1) is 0 Å². The van der Waals surface area contributed by atoms with Gasteiger partial charge in [-0.3, -0.25) is 0 Å². The molecular formula is C27H29F13N2O5. The van der Waals surface area contributed by atoms with E-state index in [-0.39, 0.29) is 13.0 Å². The van der Waals surface area contributed by atoms with Crippen LogP contribution in [-0.2, 0) is 25.4 Å². The minimum absolute atomic E-state index is 0.170. The maximum Gasteiger partial charge on any atom is 0.527 e. The summed E-state index contributed by atoms with van der Waals surface area (Å²) in [6.45, 7) is -0.875. The zero-order valence-corrected chi connectivity index (χ0v) is 24.4. The lowest BCUT2D eigenvalue weighted by Crippen LogP contribution is -2.57. The van der Waals surface area contributed by atoms with Gasteiger partial charge in [-0.15, -0.1) is 13.2 Å². The molecule has 0 atom stereocenters. The Morgan fingerprint density at radius 1 is 0.596 bits per heavy atom. The molecule has 0 radical (unpaired) electrons. The summed E-state index contributed by atoms with van der Waals surface area (Å²) in [7, 11) is 0. The Balaban J connectivity index is 1.77. The number of unbranched alkanes of at least 4 members (excludes halogenated alkanes) is 4. The topological polar surface area (TPSA) is 71.9 Å². The van der Waals surface area contributed by atoms with E-state index in [9.17, 15) is 57.1 Å². The summed E-state index contributed by atoms with van der Waals surface area (Å²) in [5.74, 6) is 0.774. The number of hydrogen-bond donors (Lipinski definition) is 0. The van der Waals surface area contributed by atoms with Crippen molar-refractivity contribution in [1.29, 1.82) is 0 Å². The van der Waals surface area contributed by atoms with Gasteiger partial charge in [-0.2, -0.15) is 43.9 Å². The molecule has 2 rings (SSSR count). The van der Waals surface area contributed by atoms with Gasteiger partial charge in [0.05, 0.1) is 13.2 Å². The van der Waals surface area contributed by atoms with Crippen molar-refractivity contribution in [2.75, 3.05) is 19.8 Å². The summed E-state index contributed by atoms with van der Waals surface area (Å²) in [5.41, 5.74) is 1.67. The van der Waals surface area contributed by atoms with Gasteiger partial charge in [-0.25, -0.2) is 24.2 Å². The Labute approximate surface area is 259 Å². The standard InChI is InChI=1S/C27H29F13N2O5/c1-2-3-4-5-6-8-18-15-41-21(42-16-18)19-9-11-20(12-10-19)44-14-7-13-43-17-22(28,29)45-23(30,31)24(32,33)46-25(34,35)26(36,37)47-27(38,39)40/h9-12,15-16H,2-8,13-14,17H2,1H3. The lowest BCUT2D eigenvalue weighted by molar-refractivity contribution is -0.564. The largest absolute Gasteiger partial charge is 0.527 e. The number of alkyl halides is 13. The van der Waals surface area contributed by atoms with E-state index in [4.69, 9.17) is 4.74 Å². The van der Waals surface area contributed by atoms with Crippen molar-refractivity contribution in [3.63, 3.8) is 0 Å². The number of halogens is 13. The fourth-order valence-electron chi connectivity index (χ4n) is 3.57. The van der Waals surface area contributed by atoms with Crippen LogP contribution in [0.3, 0.4) is 0 Å². The smallest absolute Gasteiger partial charge is 0.494 e. The van der Waals surface area contributed by atoms with Crippen LogP contribution in [0.1, 0.15) is 51.0 Å². The Bertz CT molecular complexity index is 1210. The molecule has 268 valence electrons. The van der Waals surface area contributed by atoms with Gasteiger partial charge in [0.15, 0.2) is 5.82 Å². The number of aromatic nitrogens is 2. The Kier molecular flexibility index (Phi) is 14.1. The first kappa shape index (κ1) is 40.2. The molecule has 0 N–H and O–H groups in total. The van der Waals surface area contributed by atoms with Crippen LogP contribution in [0.5, 0.6) is 5.75 Å². The Morgan fingerprint density at radius 3 is 1.68 bits per heavy atom. The Morgan fingerprint density at radius 2 is 1.13 bits per heavy atom. The molecule has 0 saturated heterocycles. The molecule has 0 aliphatic carbocycles. The van der Waals surface area contributed by atoms with Gasteiger partial charge in [-0.1, -0.05) is 32.6 Å². The molecule has 0 aliphatic rings. The summed E-state index contributed by atoms with van der Waals surface area (Å²) in [6, 6.07) is 6.37. The normalized spacial score (nSPS) is 13.7. The molecule has 2 aromatic rings. The summed E-state index contributed by atoms with van der Waals surface area (Å²) >= 11 is 0. The summed E-state index contributed by atoms with van der Waals surface area (Å²) in [6.07, 6.45) is -30.0. The number of benzene rings is 1. The van der Waals surface area contributed by atoms with E-state index in [0.29, 0.717) is 17.1 Å². The molecule has 7 nitrogen and oxygen atoms in total. The van der Waals surface area contributed by atoms with Gasteiger partial charge in [0, 0.05) is 24.4 Å². The second-order valence-corrected chi connectivity index (χ2v) is 9.81. The van der Waals surface area contributed by atoms with E-state index in [1.807, 2.05) is 0 Å². The molecule has 47 heavy (non-hydrogen) atoms. The van der Waals surface area contributed by atoms with Gasteiger partial charge < -0.3 is 9.47 Å². The first-order valence-electron chi connectivity index (χ1n) is 13.8. The van der Waals surface area contributed by atoms with Crippen molar-refractivity contribution in [3.05, 3.63) is 42.2 Å². The molecule has 20 heteroatoms. The van der Waals surface area contributed by atoms with Crippen molar-refractivity contribution >= 4 is 0 Å². The molecule has 0 aliphatic heterocycles. The van der Waals surface area contributed by atoms with Gasteiger partial charge >= 0.3 is 36.9 Å². The fourth-order valence-corrected chi connectivity index (χ4v) is 3.57. The van der Waals surface area contributed by atoms with Gasteiger partial charge in [0.25, 0.3) is 0 Å². The molecular weight excluding hydrogens is 679 g/mol. The molecule has 0 bridgehead atoms. The average Bonchev–Trinajstić information content (AvgIpc) is 2.93. The van der Waals surface area contributed by atoms with Gasteiger partial charge in [0.2, 0.25) is 0 Å². The SMILES string of the molecule is CCCCCCCc1cnc(-c2ccc(OCCCOCC(F)(F)OC(F)(F)C(F)(F)OC(F)(F)C(F)(F)OC(F)(F)F)cc2)nc1. The molecule has 1 heterocycles. The molecule has 0 unspecified atom stereocenters. The van der Waals surface area contributed by atoms with Crippen LogP contribution in [0.2, 0.25) is 0 Å². The van der Waals surface area contributed by atoms with Crippen LogP contribution >= 0.6 is 0 Å². The number of aryl methyl sites for hydroxylation is 1. The van der Waals surface area contributed by atoms with Gasteiger partial charge in [-0.05, 0) is 42.7 Å². The first-order valence-corrected chi connectivity index (χ1v) is 13.8.